The first kappa shape index (κ1) is 18.3. The smallest absolute Gasteiger partial charge is 0.225 e. The highest BCUT2D eigenvalue weighted by atomic mass is 19.1. The fraction of sp³-hybridized carbons (Fsp3) is 0.529. The third-order valence-corrected chi connectivity index (χ3v) is 4.21. The van der Waals surface area contributed by atoms with Crippen LogP contribution in [0.4, 0.5) is 8.78 Å². The minimum atomic E-state index is -0.628. The van der Waals surface area contributed by atoms with Crippen molar-refractivity contribution in [3.63, 3.8) is 0 Å². The molecule has 0 spiro atoms. The van der Waals surface area contributed by atoms with Crippen molar-refractivity contribution in [1.29, 1.82) is 0 Å². The molecule has 0 aromatic heterocycles. The van der Waals surface area contributed by atoms with Crippen LogP contribution in [0.5, 0.6) is 0 Å². The van der Waals surface area contributed by atoms with Crippen LogP contribution in [0.1, 0.15) is 31.4 Å². The molecule has 1 aromatic carbocycles. The van der Waals surface area contributed by atoms with E-state index in [1.807, 2.05) is 0 Å². The number of likely N-dealkylation sites (tertiary alicyclic amines) is 1. The lowest BCUT2D eigenvalue weighted by atomic mass is 10.0. The van der Waals surface area contributed by atoms with Gasteiger partial charge in [0.05, 0.1) is 18.6 Å². The van der Waals surface area contributed by atoms with Gasteiger partial charge in [-0.1, -0.05) is 6.92 Å². The maximum absolute atomic E-state index is 13.9. The van der Waals surface area contributed by atoms with Crippen molar-refractivity contribution < 1.29 is 23.1 Å². The van der Waals surface area contributed by atoms with E-state index in [0.29, 0.717) is 26.1 Å². The van der Waals surface area contributed by atoms with Crippen LogP contribution in [0.25, 0.3) is 0 Å². The maximum atomic E-state index is 13.9. The molecule has 1 aliphatic heterocycles. The molecule has 1 saturated heterocycles. The van der Waals surface area contributed by atoms with Crippen molar-refractivity contribution >= 4 is 11.8 Å². The van der Waals surface area contributed by atoms with Crippen LogP contribution in [0.2, 0.25) is 0 Å². The molecule has 1 aliphatic rings. The van der Waals surface area contributed by atoms with E-state index in [1.165, 1.54) is 0 Å². The average molecular weight is 340 g/mol. The van der Waals surface area contributed by atoms with Crippen molar-refractivity contribution in [2.45, 2.75) is 25.8 Å². The van der Waals surface area contributed by atoms with Gasteiger partial charge in [0.15, 0.2) is 0 Å². The van der Waals surface area contributed by atoms with Gasteiger partial charge in [0.25, 0.3) is 0 Å². The molecule has 0 saturated carbocycles. The summed E-state index contributed by atoms with van der Waals surface area (Å²) in [5, 5.41) is 2.73. The molecule has 2 amide bonds. The fourth-order valence-electron chi connectivity index (χ4n) is 2.84. The van der Waals surface area contributed by atoms with Gasteiger partial charge >= 0.3 is 0 Å². The Labute approximate surface area is 140 Å². The zero-order valence-corrected chi connectivity index (χ0v) is 13.9. The summed E-state index contributed by atoms with van der Waals surface area (Å²) in [6.45, 7) is 2.94. The van der Waals surface area contributed by atoms with E-state index in [4.69, 9.17) is 4.74 Å². The van der Waals surface area contributed by atoms with Gasteiger partial charge in [-0.2, -0.15) is 0 Å². The monoisotopic (exact) mass is 340 g/mol. The summed E-state index contributed by atoms with van der Waals surface area (Å²) >= 11 is 0. The Bertz CT molecular complexity index is 609. The topological polar surface area (TPSA) is 58.6 Å². The lowest BCUT2D eigenvalue weighted by Gasteiger charge is -2.21. The number of methoxy groups -OCH3 is 1. The minimum absolute atomic E-state index is 0.0998. The summed E-state index contributed by atoms with van der Waals surface area (Å²) in [5.41, 5.74) is 0.117. The van der Waals surface area contributed by atoms with Crippen molar-refractivity contribution in [2.75, 3.05) is 26.8 Å². The number of amides is 2. The van der Waals surface area contributed by atoms with Gasteiger partial charge in [0, 0.05) is 32.2 Å². The normalized spacial score (nSPS) is 18.8. The number of ether oxygens (including phenoxy) is 1. The lowest BCUT2D eigenvalue weighted by Crippen LogP contribution is -2.36. The molecule has 0 bridgehead atoms. The van der Waals surface area contributed by atoms with E-state index < -0.39 is 23.6 Å². The molecule has 1 N–H and O–H groups in total. The second kappa shape index (κ2) is 8.19. The zero-order chi connectivity index (χ0) is 17.7. The van der Waals surface area contributed by atoms with Crippen molar-refractivity contribution in [3.8, 4) is 0 Å². The van der Waals surface area contributed by atoms with E-state index in [1.54, 1.807) is 18.9 Å². The van der Waals surface area contributed by atoms with Gasteiger partial charge < -0.3 is 15.0 Å². The summed E-state index contributed by atoms with van der Waals surface area (Å²) in [7, 11) is 1.55. The molecule has 1 aromatic rings. The number of carbonyl (C=O) groups excluding carboxylic acids is 2. The van der Waals surface area contributed by atoms with Crippen molar-refractivity contribution in [3.05, 3.63) is 35.4 Å². The Balaban J connectivity index is 2.02. The van der Waals surface area contributed by atoms with Gasteiger partial charge in [0.1, 0.15) is 11.6 Å². The summed E-state index contributed by atoms with van der Waals surface area (Å²) in [4.78, 5) is 25.9. The molecule has 1 fully saturated rings. The molecule has 0 unspecified atom stereocenters. The zero-order valence-electron chi connectivity index (χ0n) is 13.9. The Kier molecular flexibility index (Phi) is 6.25. The molecule has 0 aliphatic carbocycles. The number of rotatable bonds is 7. The van der Waals surface area contributed by atoms with Crippen LogP contribution in [0.15, 0.2) is 18.2 Å². The first-order chi connectivity index (χ1) is 11.5. The van der Waals surface area contributed by atoms with Gasteiger partial charge in [-0.15, -0.1) is 0 Å². The second-order valence-corrected chi connectivity index (χ2v) is 5.87. The minimum Gasteiger partial charge on any atom is -0.383 e. The highest BCUT2D eigenvalue weighted by molar-refractivity contribution is 5.89. The number of benzene rings is 1. The molecule has 132 valence electrons. The van der Waals surface area contributed by atoms with E-state index in [9.17, 15) is 18.4 Å². The number of carbonyl (C=O) groups is 2. The Hall–Kier alpha value is -2.02. The average Bonchev–Trinajstić information content (AvgIpc) is 2.94. The quantitative estimate of drug-likeness (QED) is 0.826. The third-order valence-electron chi connectivity index (χ3n) is 4.21. The highest BCUT2D eigenvalue weighted by Gasteiger charge is 2.34. The Morgan fingerprint density at radius 3 is 2.88 bits per heavy atom. The summed E-state index contributed by atoms with van der Waals surface area (Å²) < 4.78 is 32.2. The summed E-state index contributed by atoms with van der Waals surface area (Å²) in [6, 6.07) is 2.55. The fourth-order valence-corrected chi connectivity index (χ4v) is 2.84. The van der Waals surface area contributed by atoms with Gasteiger partial charge in [-0.25, -0.2) is 8.78 Å². The van der Waals surface area contributed by atoms with Crippen LogP contribution in [-0.4, -0.2) is 43.5 Å². The number of halogens is 2. The molecule has 2 rings (SSSR count). The Morgan fingerprint density at radius 1 is 1.46 bits per heavy atom. The molecule has 24 heavy (non-hydrogen) atoms. The number of hydrogen-bond donors (Lipinski definition) is 1. The van der Waals surface area contributed by atoms with Crippen LogP contribution in [0, 0.1) is 17.6 Å². The van der Waals surface area contributed by atoms with Gasteiger partial charge in [0.2, 0.25) is 11.8 Å². The SMILES string of the molecule is CC[C@H](NC(=O)[C@H]1CC(=O)N(CCOC)C1)c1cc(F)ccc1F. The standard InChI is InChI=1S/C17H22F2N2O3/c1-3-15(13-9-12(18)4-5-14(13)19)20-17(23)11-8-16(22)21(10-11)6-7-24-2/h4-5,9,11,15H,3,6-8,10H2,1-2H3,(H,20,23)/t11-,15-/m0/s1. The van der Waals surface area contributed by atoms with Crippen molar-refractivity contribution in [1.82, 2.24) is 10.2 Å². The van der Waals surface area contributed by atoms with E-state index in [-0.39, 0.29) is 23.8 Å². The third kappa shape index (κ3) is 4.29. The van der Waals surface area contributed by atoms with E-state index in [2.05, 4.69) is 5.32 Å². The number of nitrogens with zero attached hydrogens (tertiary/aromatic N) is 1. The second-order valence-electron chi connectivity index (χ2n) is 5.87. The highest BCUT2D eigenvalue weighted by Crippen LogP contribution is 2.24. The molecule has 2 atom stereocenters. The lowest BCUT2D eigenvalue weighted by molar-refractivity contribution is -0.129. The van der Waals surface area contributed by atoms with Crippen molar-refractivity contribution in [2.24, 2.45) is 5.92 Å². The maximum Gasteiger partial charge on any atom is 0.225 e. The molecule has 7 heteroatoms. The first-order valence-electron chi connectivity index (χ1n) is 7.98. The molecular weight excluding hydrogens is 318 g/mol. The number of hydrogen-bond acceptors (Lipinski definition) is 3. The van der Waals surface area contributed by atoms with Crippen LogP contribution < -0.4 is 5.32 Å². The Morgan fingerprint density at radius 2 is 2.21 bits per heavy atom. The molecule has 5 nitrogen and oxygen atoms in total. The van der Waals surface area contributed by atoms with Crippen LogP contribution in [-0.2, 0) is 14.3 Å². The predicted molar refractivity (Wildman–Crippen MR) is 84.1 cm³/mol. The van der Waals surface area contributed by atoms with Crippen LogP contribution >= 0.6 is 0 Å². The first-order valence-corrected chi connectivity index (χ1v) is 7.98. The van der Waals surface area contributed by atoms with Gasteiger partial charge in [-0.05, 0) is 24.6 Å². The van der Waals surface area contributed by atoms with E-state index in [0.717, 1.165) is 18.2 Å². The predicted octanol–water partition coefficient (Wildman–Crippen LogP) is 2.03. The molecular formula is C17H22F2N2O3. The van der Waals surface area contributed by atoms with E-state index >= 15 is 0 Å². The van der Waals surface area contributed by atoms with Gasteiger partial charge in [-0.3, -0.25) is 9.59 Å². The number of nitrogens with one attached hydrogen (secondary N) is 1. The molecule has 0 radical (unpaired) electrons. The molecule has 1 heterocycles. The summed E-state index contributed by atoms with van der Waals surface area (Å²) in [6.07, 6.45) is 0.539. The van der Waals surface area contributed by atoms with Crippen LogP contribution in [0.3, 0.4) is 0 Å². The summed E-state index contributed by atoms with van der Waals surface area (Å²) in [5.74, 6) is -2.02. The largest absolute Gasteiger partial charge is 0.383 e.